The predicted molar refractivity (Wildman–Crippen MR) is 114 cm³/mol. The molecule has 4 rings (SSSR count). The molecule has 1 amide bonds. The van der Waals surface area contributed by atoms with Gasteiger partial charge in [0, 0.05) is 19.6 Å². The molecule has 4 nitrogen and oxygen atoms in total. The van der Waals surface area contributed by atoms with Gasteiger partial charge in [0.15, 0.2) is 5.16 Å². The van der Waals surface area contributed by atoms with Crippen LogP contribution in [0, 0.1) is 5.82 Å². The summed E-state index contributed by atoms with van der Waals surface area (Å²) in [6, 6.07) is 17.1. The molecule has 1 aliphatic carbocycles. The number of hydrogen-bond acceptors (Lipinski definition) is 3. The van der Waals surface area contributed by atoms with Crippen LogP contribution in [0.25, 0.3) is 11.3 Å². The van der Waals surface area contributed by atoms with Crippen LogP contribution in [0.2, 0.25) is 0 Å². The molecule has 29 heavy (non-hydrogen) atoms. The van der Waals surface area contributed by atoms with Crippen molar-refractivity contribution in [1.29, 1.82) is 0 Å². The number of carbonyl (C=O) groups excluding carboxylic acids is 1. The highest BCUT2D eigenvalue weighted by atomic mass is 32.2. The molecule has 0 spiro atoms. The molecule has 3 aromatic rings. The first kappa shape index (κ1) is 19.7. The summed E-state index contributed by atoms with van der Waals surface area (Å²) in [6.45, 7) is 2.29. The molecule has 0 saturated heterocycles. The van der Waals surface area contributed by atoms with Crippen molar-refractivity contribution in [2.75, 3.05) is 7.05 Å². The third-order valence-corrected chi connectivity index (χ3v) is 6.13. The van der Waals surface area contributed by atoms with Crippen LogP contribution in [0.5, 0.6) is 0 Å². The van der Waals surface area contributed by atoms with Crippen molar-refractivity contribution >= 4 is 17.7 Å². The first-order chi connectivity index (χ1) is 14.0. The lowest BCUT2D eigenvalue weighted by atomic mass is 10.2. The van der Waals surface area contributed by atoms with Crippen LogP contribution in [0.1, 0.15) is 31.4 Å². The van der Waals surface area contributed by atoms with Gasteiger partial charge in [-0.05, 0) is 43.0 Å². The molecular weight excluding hydrogens is 385 g/mol. The van der Waals surface area contributed by atoms with Crippen molar-refractivity contribution in [3.63, 3.8) is 0 Å². The zero-order valence-corrected chi connectivity index (χ0v) is 17.4. The van der Waals surface area contributed by atoms with E-state index in [0.29, 0.717) is 12.6 Å². The van der Waals surface area contributed by atoms with Crippen molar-refractivity contribution in [2.24, 2.45) is 0 Å². The summed E-state index contributed by atoms with van der Waals surface area (Å²) >= 11 is 1.49. The van der Waals surface area contributed by atoms with Crippen LogP contribution in [0.4, 0.5) is 4.39 Å². The minimum Gasteiger partial charge on any atom is -0.340 e. The van der Waals surface area contributed by atoms with Crippen LogP contribution >= 0.6 is 11.8 Å². The molecule has 1 fully saturated rings. The zero-order chi connectivity index (χ0) is 20.4. The van der Waals surface area contributed by atoms with Gasteiger partial charge in [-0.2, -0.15) is 0 Å². The normalized spacial score (nSPS) is 14.6. The second kappa shape index (κ2) is 8.41. The van der Waals surface area contributed by atoms with E-state index in [4.69, 9.17) is 0 Å². The second-order valence-electron chi connectivity index (χ2n) is 7.48. The lowest BCUT2D eigenvalue weighted by Crippen LogP contribution is -2.33. The van der Waals surface area contributed by atoms with E-state index in [1.54, 1.807) is 18.0 Å². The molecule has 6 heteroatoms. The van der Waals surface area contributed by atoms with Crippen molar-refractivity contribution in [3.05, 3.63) is 72.2 Å². The van der Waals surface area contributed by atoms with Crippen molar-refractivity contribution in [1.82, 2.24) is 14.5 Å². The van der Waals surface area contributed by atoms with E-state index in [9.17, 15) is 9.18 Å². The molecule has 2 aromatic carbocycles. The fraction of sp³-hybridized carbons (Fsp3) is 0.304. The summed E-state index contributed by atoms with van der Waals surface area (Å²) < 4.78 is 15.7. The van der Waals surface area contributed by atoms with E-state index in [-0.39, 0.29) is 17.0 Å². The van der Waals surface area contributed by atoms with Gasteiger partial charge in [-0.15, -0.1) is 0 Å². The predicted octanol–water partition coefficient (Wildman–Crippen LogP) is 5.16. The molecule has 1 atom stereocenters. The Morgan fingerprint density at radius 1 is 1.24 bits per heavy atom. The third kappa shape index (κ3) is 4.53. The fourth-order valence-corrected chi connectivity index (χ4v) is 4.52. The largest absolute Gasteiger partial charge is 0.340 e. The number of amides is 1. The molecule has 0 bridgehead atoms. The Morgan fingerprint density at radius 3 is 2.69 bits per heavy atom. The highest BCUT2D eigenvalue weighted by Crippen LogP contribution is 2.42. The van der Waals surface area contributed by atoms with Gasteiger partial charge in [0.05, 0.1) is 17.1 Å². The summed E-state index contributed by atoms with van der Waals surface area (Å²) in [7, 11) is 1.76. The number of imidazole rings is 1. The number of halogens is 1. The summed E-state index contributed by atoms with van der Waals surface area (Å²) in [5.74, 6) is -0.281. The Kier molecular flexibility index (Phi) is 5.72. The first-order valence-corrected chi connectivity index (χ1v) is 10.7. The van der Waals surface area contributed by atoms with E-state index >= 15 is 0 Å². The van der Waals surface area contributed by atoms with Gasteiger partial charge in [0.2, 0.25) is 5.91 Å². The number of thioether (sulfide) groups is 1. The van der Waals surface area contributed by atoms with Crippen molar-refractivity contribution in [2.45, 2.75) is 42.8 Å². The maximum atomic E-state index is 13.4. The average molecular weight is 410 g/mol. The molecule has 1 aromatic heterocycles. The lowest BCUT2D eigenvalue weighted by molar-refractivity contribution is -0.129. The van der Waals surface area contributed by atoms with Gasteiger partial charge in [0.1, 0.15) is 5.82 Å². The van der Waals surface area contributed by atoms with Crippen LogP contribution in [0.15, 0.2) is 66.0 Å². The molecule has 0 aliphatic heterocycles. The van der Waals surface area contributed by atoms with E-state index < -0.39 is 0 Å². The van der Waals surface area contributed by atoms with Crippen LogP contribution in [-0.4, -0.2) is 32.7 Å². The van der Waals surface area contributed by atoms with Gasteiger partial charge < -0.3 is 9.47 Å². The highest BCUT2D eigenvalue weighted by molar-refractivity contribution is 8.00. The van der Waals surface area contributed by atoms with Gasteiger partial charge in [-0.1, -0.05) is 54.2 Å². The first-order valence-electron chi connectivity index (χ1n) is 9.81. The Labute approximate surface area is 174 Å². The number of benzene rings is 2. The van der Waals surface area contributed by atoms with E-state index in [1.807, 2.05) is 37.4 Å². The van der Waals surface area contributed by atoms with Crippen molar-refractivity contribution in [3.8, 4) is 11.3 Å². The minimum absolute atomic E-state index is 0.00543. The maximum absolute atomic E-state index is 13.4. The van der Waals surface area contributed by atoms with Crippen LogP contribution in [0.3, 0.4) is 0 Å². The number of carbonyl (C=O) groups is 1. The van der Waals surface area contributed by atoms with E-state index in [2.05, 4.69) is 21.7 Å². The maximum Gasteiger partial charge on any atom is 0.235 e. The zero-order valence-electron chi connectivity index (χ0n) is 16.6. The summed E-state index contributed by atoms with van der Waals surface area (Å²) in [6.07, 6.45) is 4.20. The second-order valence-corrected chi connectivity index (χ2v) is 8.79. The van der Waals surface area contributed by atoms with Gasteiger partial charge in [-0.25, -0.2) is 9.37 Å². The third-order valence-electron chi connectivity index (χ3n) is 5.06. The molecule has 150 valence electrons. The number of hydrogen-bond donors (Lipinski definition) is 0. The molecule has 1 saturated carbocycles. The molecule has 1 aliphatic rings. The standard InChI is InChI=1S/C23H24FN3OS/c1-16(22(28)26(2)15-17-7-6-10-19(24)13-17)29-23-25-14-21(27(23)20-11-12-20)18-8-4-3-5-9-18/h3-10,13-14,16,20H,11-12,15H2,1-2H3. The molecule has 1 heterocycles. The smallest absolute Gasteiger partial charge is 0.235 e. The molecular formula is C23H24FN3OS. The highest BCUT2D eigenvalue weighted by Gasteiger charge is 2.31. The van der Waals surface area contributed by atoms with E-state index in [0.717, 1.165) is 34.8 Å². The quantitative estimate of drug-likeness (QED) is 0.506. The lowest BCUT2D eigenvalue weighted by Gasteiger charge is -2.21. The summed E-state index contributed by atoms with van der Waals surface area (Å²) in [5.41, 5.74) is 3.02. The Morgan fingerprint density at radius 2 is 2.00 bits per heavy atom. The number of nitrogens with zero attached hydrogens (tertiary/aromatic N) is 3. The van der Waals surface area contributed by atoms with Crippen LogP contribution < -0.4 is 0 Å². The van der Waals surface area contributed by atoms with Gasteiger partial charge >= 0.3 is 0 Å². The average Bonchev–Trinajstić information content (AvgIpc) is 3.48. The van der Waals surface area contributed by atoms with Gasteiger partial charge in [0.25, 0.3) is 0 Å². The van der Waals surface area contributed by atoms with Crippen molar-refractivity contribution < 1.29 is 9.18 Å². The molecule has 0 radical (unpaired) electrons. The Bertz CT molecular complexity index is 1000. The summed E-state index contributed by atoms with van der Waals surface area (Å²) in [5, 5.41) is 0.600. The SMILES string of the molecule is CC(Sc1ncc(-c2ccccc2)n1C1CC1)C(=O)N(C)Cc1cccc(F)c1. The molecule has 0 N–H and O–H groups in total. The topological polar surface area (TPSA) is 38.1 Å². The van der Waals surface area contributed by atoms with Crippen LogP contribution in [-0.2, 0) is 11.3 Å². The number of aromatic nitrogens is 2. The summed E-state index contributed by atoms with van der Waals surface area (Å²) in [4.78, 5) is 19.2. The Balaban J connectivity index is 1.48. The fourth-order valence-electron chi connectivity index (χ4n) is 3.45. The van der Waals surface area contributed by atoms with E-state index in [1.165, 1.54) is 23.9 Å². The number of rotatable bonds is 7. The molecule has 1 unspecified atom stereocenters. The van der Waals surface area contributed by atoms with Gasteiger partial charge in [-0.3, -0.25) is 4.79 Å². The monoisotopic (exact) mass is 409 g/mol. The Hall–Kier alpha value is -2.60. The minimum atomic E-state index is -0.286.